The Bertz CT molecular complexity index is 406. The summed E-state index contributed by atoms with van der Waals surface area (Å²) in [5.41, 5.74) is -0.143. The maximum Gasteiger partial charge on any atom is 0.267 e. The Morgan fingerprint density at radius 2 is 2.22 bits per heavy atom. The Kier molecular flexibility index (Phi) is 6.38. The van der Waals surface area contributed by atoms with Crippen LogP contribution in [0, 0.1) is 0 Å². The van der Waals surface area contributed by atoms with Crippen molar-refractivity contribution in [2.75, 3.05) is 27.4 Å². The minimum Gasteiger partial charge on any atom is -0.480 e. The number of aromatic nitrogens is 2. The second-order valence-electron chi connectivity index (χ2n) is 4.00. The SMILES string of the molecule is CCCNC(COC)Cn1nc(OC)ccc1=O. The van der Waals surface area contributed by atoms with E-state index in [4.69, 9.17) is 9.47 Å². The predicted molar refractivity (Wildman–Crippen MR) is 69.0 cm³/mol. The summed E-state index contributed by atoms with van der Waals surface area (Å²) in [6.07, 6.45) is 1.03. The smallest absolute Gasteiger partial charge is 0.267 e. The van der Waals surface area contributed by atoms with Gasteiger partial charge in [0.2, 0.25) is 5.88 Å². The lowest BCUT2D eigenvalue weighted by Crippen LogP contribution is -2.40. The van der Waals surface area contributed by atoms with Crippen LogP contribution in [0.2, 0.25) is 0 Å². The van der Waals surface area contributed by atoms with E-state index in [9.17, 15) is 4.79 Å². The normalized spacial score (nSPS) is 12.4. The number of hydrogen-bond acceptors (Lipinski definition) is 5. The van der Waals surface area contributed by atoms with E-state index < -0.39 is 0 Å². The van der Waals surface area contributed by atoms with Crippen LogP contribution in [-0.2, 0) is 11.3 Å². The zero-order valence-corrected chi connectivity index (χ0v) is 11.2. The fourth-order valence-electron chi connectivity index (χ4n) is 1.60. The van der Waals surface area contributed by atoms with Crippen LogP contribution >= 0.6 is 0 Å². The molecule has 1 unspecified atom stereocenters. The standard InChI is InChI=1S/C12H21N3O3/c1-4-7-13-10(9-17-2)8-15-12(16)6-5-11(14-15)18-3/h5-6,10,13H,4,7-9H2,1-3H3. The van der Waals surface area contributed by atoms with Crippen molar-refractivity contribution in [2.24, 2.45) is 0 Å². The van der Waals surface area contributed by atoms with E-state index in [2.05, 4.69) is 17.3 Å². The summed E-state index contributed by atoms with van der Waals surface area (Å²) in [5, 5.41) is 7.43. The van der Waals surface area contributed by atoms with Gasteiger partial charge in [0, 0.05) is 19.2 Å². The van der Waals surface area contributed by atoms with Crippen LogP contribution in [0.15, 0.2) is 16.9 Å². The molecule has 0 saturated carbocycles. The minimum absolute atomic E-state index is 0.0623. The van der Waals surface area contributed by atoms with Crippen molar-refractivity contribution in [2.45, 2.75) is 25.9 Å². The number of methoxy groups -OCH3 is 2. The molecule has 1 heterocycles. The van der Waals surface area contributed by atoms with Gasteiger partial charge < -0.3 is 14.8 Å². The van der Waals surface area contributed by atoms with E-state index in [1.165, 1.54) is 17.9 Å². The third-order valence-electron chi connectivity index (χ3n) is 2.50. The summed E-state index contributed by atoms with van der Waals surface area (Å²) in [6.45, 7) is 3.97. The highest BCUT2D eigenvalue weighted by atomic mass is 16.5. The summed E-state index contributed by atoms with van der Waals surface area (Å²) in [7, 11) is 3.17. The van der Waals surface area contributed by atoms with E-state index >= 15 is 0 Å². The number of rotatable bonds is 8. The molecule has 1 aromatic rings. The van der Waals surface area contributed by atoms with Gasteiger partial charge in [-0.2, -0.15) is 0 Å². The molecule has 102 valence electrons. The first kappa shape index (κ1) is 14.7. The topological polar surface area (TPSA) is 65.4 Å². The maximum absolute atomic E-state index is 11.7. The molecule has 0 bridgehead atoms. The summed E-state index contributed by atoms with van der Waals surface area (Å²) in [4.78, 5) is 11.7. The average molecular weight is 255 g/mol. The van der Waals surface area contributed by atoms with E-state index in [0.717, 1.165) is 13.0 Å². The molecule has 18 heavy (non-hydrogen) atoms. The van der Waals surface area contributed by atoms with Gasteiger partial charge in [-0.1, -0.05) is 6.92 Å². The van der Waals surface area contributed by atoms with Crippen LogP contribution < -0.4 is 15.6 Å². The molecule has 0 amide bonds. The van der Waals surface area contributed by atoms with Crippen LogP contribution in [0.25, 0.3) is 0 Å². The fraction of sp³-hybridized carbons (Fsp3) is 0.667. The van der Waals surface area contributed by atoms with Gasteiger partial charge in [0.05, 0.1) is 26.3 Å². The lowest BCUT2D eigenvalue weighted by Gasteiger charge is -2.18. The Morgan fingerprint density at radius 1 is 1.44 bits per heavy atom. The number of ether oxygens (including phenoxy) is 2. The van der Waals surface area contributed by atoms with Crippen LogP contribution in [-0.4, -0.2) is 43.2 Å². The number of nitrogens with zero attached hydrogens (tertiary/aromatic N) is 2. The zero-order chi connectivity index (χ0) is 13.4. The van der Waals surface area contributed by atoms with Gasteiger partial charge in [-0.05, 0) is 13.0 Å². The molecule has 0 radical (unpaired) electrons. The van der Waals surface area contributed by atoms with E-state index in [0.29, 0.717) is 19.0 Å². The summed E-state index contributed by atoms with van der Waals surface area (Å²) >= 11 is 0. The molecule has 1 rings (SSSR count). The van der Waals surface area contributed by atoms with Crippen LogP contribution in [0.1, 0.15) is 13.3 Å². The van der Waals surface area contributed by atoms with Crippen molar-refractivity contribution < 1.29 is 9.47 Å². The second kappa shape index (κ2) is 7.84. The molecule has 1 N–H and O–H groups in total. The Balaban J connectivity index is 2.75. The van der Waals surface area contributed by atoms with E-state index in [1.54, 1.807) is 13.2 Å². The molecule has 0 spiro atoms. The third-order valence-corrected chi connectivity index (χ3v) is 2.50. The second-order valence-corrected chi connectivity index (χ2v) is 4.00. The van der Waals surface area contributed by atoms with Crippen molar-refractivity contribution in [3.63, 3.8) is 0 Å². The molecule has 0 fully saturated rings. The fourth-order valence-corrected chi connectivity index (χ4v) is 1.60. The zero-order valence-electron chi connectivity index (χ0n) is 11.2. The van der Waals surface area contributed by atoms with Gasteiger partial charge in [0.15, 0.2) is 0 Å². The first-order valence-electron chi connectivity index (χ1n) is 6.05. The molecular weight excluding hydrogens is 234 g/mol. The van der Waals surface area contributed by atoms with Gasteiger partial charge in [0.1, 0.15) is 0 Å². The number of hydrogen-bond donors (Lipinski definition) is 1. The highest BCUT2D eigenvalue weighted by Crippen LogP contribution is 2.00. The van der Waals surface area contributed by atoms with Gasteiger partial charge >= 0.3 is 0 Å². The Morgan fingerprint density at radius 3 is 2.83 bits per heavy atom. The van der Waals surface area contributed by atoms with Gasteiger partial charge in [-0.15, -0.1) is 5.10 Å². The molecule has 1 atom stereocenters. The van der Waals surface area contributed by atoms with Crippen LogP contribution in [0.4, 0.5) is 0 Å². The molecule has 6 heteroatoms. The molecule has 0 aliphatic rings. The third kappa shape index (κ3) is 4.46. The molecule has 6 nitrogen and oxygen atoms in total. The van der Waals surface area contributed by atoms with Gasteiger partial charge in [-0.3, -0.25) is 4.79 Å². The van der Waals surface area contributed by atoms with Crippen LogP contribution in [0.5, 0.6) is 5.88 Å². The van der Waals surface area contributed by atoms with Gasteiger partial charge in [0.25, 0.3) is 5.56 Å². The molecule has 0 aliphatic carbocycles. The van der Waals surface area contributed by atoms with Crippen molar-refractivity contribution in [1.82, 2.24) is 15.1 Å². The van der Waals surface area contributed by atoms with Crippen molar-refractivity contribution >= 4 is 0 Å². The summed E-state index contributed by atoms with van der Waals surface area (Å²) in [5.74, 6) is 0.432. The summed E-state index contributed by atoms with van der Waals surface area (Å²) in [6, 6.07) is 3.08. The minimum atomic E-state index is -0.143. The first-order valence-corrected chi connectivity index (χ1v) is 6.05. The van der Waals surface area contributed by atoms with Crippen molar-refractivity contribution in [1.29, 1.82) is 0 Å². The van der Waals surface area contributed by atoms with E-state index in [1.807, 2.05) is 0 Å². The summed E-state index contributed by atoms with van der Waals surface area (Å²) < 4.78 is 11.5. The Labute approximate surface area is 107 Å². The molecule has 0 aliphatic heterocycles. The van der Waals surface area contributed by atoms with E-state index in [-0.39, 0.29) is 11.6 Å². The van der Waals surface area contributed by atoms with Crippen molar-refractivity contribution in [3.8, 4) is 5.88 Å². The van der Waals surface area contributed by atoms with Gasteiger partial charge in [-0.25, -0.2) is 4.68 Å². The van der Waals surface area contributed by atoms with Crippen LogP contribution in [0.3, 0.4) is 0 Å². The number of nitrogens with one attached hydrogen (secondary N) is 1. The molecular formula is C12H21N3O3. The largest absolute Gasteiger partial charge is 0.480 e. The maximum atomic E-state index is 11.7. The average Bonchev–Trinajstić information content (AvgIpc) is 2.38. The highest BCUT2D eigenvalue weighted by Gasteiger charge is 2.10. The predicted octanol–water partition coefficient (Wildman–Crippen LogP) is 0.266. The Hall–Kier alpha value is -1.40. The first-order chi connectivity index (χ1) is 8.71. The highest BCUT2D eigenvalue weighted by molar-refractivity contribution is 5.06. The lowest BCUT2D eigenvalue weighted by molar-refractivity contribution is 0.155. The monoisotopic (exact) mass is 255 g/mol. The molecule has 0 aromatic carbocycles. The lowest BCUT2D eigenvalue weighted by atomic mass is 10.3. The quantitative estimate of drug-likeness (QED) is 0.722. The molecule has 1 aromatic heterocycles. The molecule has 0 saturated heterocycles. The van der Waals surface area contributed by atoms with Crippen molar-refractivity contribution in [3.05, 3.63) is 22.5 Å².